The van der Waals surface area contributed by atoms with Gasteiger partial charge >= 0.3 is 0 Å². The van der Waals surface area contributed by atoms with E-state index in [9.17, 15) is 14.0 Å². The van der Waals surface area contributed by atoms with Crippen LogP contribution in [-0.4, -0.2) is 47.2 Å². The van der Waals surface area contributed by atoms with Crippen LogP contribution in [0.4, 0.5) is 4.39 Å². The Balaban J connectivity index is 1.73. The van der Waals surface area contributed by atoms with E-state index in [1.165, 1.54) is 24.5 Å². The van der Waals surface area contributed by atoms with Crippen molar-refractivity contribution >= 4 is 11.7 Å². The lowest BCUT2D eigenvalue weighted by Crippen LogP contribution is -2.47. The van der Waals surface area contributed by atoms with Crippen molar-refractivity contribution in [2.75, 3.05) is 19.6 Å². The Bertz CT molecular complexity index is 771. The predicted molar refractivity (Wildman–Crippen MR) is 99.7 cm³/mol. The number of ketones is 1. The van der Waals surface area contributed by atoms with Gasteiger partial charge in [-0.2, -0.15) is 0 Å². The number of halogens is 1. The number of carbonyl (C=O) groups excluding carboxylic acids is 2. The van der Waals surface area contributed by atoms with Gasteiger partial charge in [-0.05, 0) is 42.2 Å². The number of carbonyl (C=O) groups is 2. The topological polar surface area (TPSA) is 53.8 Å². The first-order valence-corrected chi connectivity index (χ1v) is 9.31. The second kappa shape index (κ2) is 8.48. The Morgan fingerprint density at radius 2 is 1.93 bits per heavy atom. The molecule has 1 aromatic heterocycles. The summed E-state index contributed by atoms with van der Waals surface area (Å²) >= 11 is 0. The fourth-order valence-corrected chi connectivity index (χ4v) is 3.56. The van der Waals surface area contributed by atoms with Gasteiger partial charge in [-0.15, -0.1) is 0 Å². The van der Waals surface area contributed by atoms with Crippen LogP contribution in [0.25, 0.3) is 0 Å². The molecule has 3 rings (SSSR count). The highest BCUT2D eigenvalue weighted by molar-refractivity contribution is 6.41. The maximum Gasteiger partial charge on any atom is 0.298 e. The van der Waals surface area contributed by atoms with E-state index in [0.717, 1.165) is 18.5 Å². The van der Waals surface area contributed by atoms with Crippen molar-refractivity contribution in [1.29, 1.82) is 0 Å². The number of hydrogen-bond acceptors (Lipinski definition) is 4. The molecule has 2 heterocycles. The summed E-state index contributed by atoms with van der Waals surface area (Å²) in [6, 6.07) is 9.75. The summed E-state index contributed by atoms with van der Waals surface area (Å²) in [5, 5.41) is 0. The summed E-state index contributed by atoms with van der Waals surface area (Å²) in [5.41, 5.74) is 1.04. The minimum absolute atomic E-state index is 0.0773. The Hall–Kier alpha value is -2.47. The minimum Gasteiger partial charge on any atom is -0.461 e. The van der Waals surface area contributed by atoms with Crippen molar-refractivity contribution in [3.05, 3.63) is 59.8 Å². The van der Waals surface area contributed by atoms with Gasteiger partial charge in [0.25, 0.3) is 11.7 Å². The molecule has 6 heteroatoms. The summed E-state index contributed by atoms with van der Waals surface area (Å²) in [5.74, 6) is -0.983. The largest absolute Gasteiger partial charge is 0.461 e. The highest BCUT2D eigenvalue weighted by atomic mass is 19.1. The number of benzene rings is 1. The summed E-state index contributed by atoms with van der Waals surface area (Å²) in [7, 11) is 0. The van der Waals surface area contributed by atoms with Crippen LogP contribution in [-0.2, 0) is 11.3 Å². The van der Waals surface area contributed by atoms with Gasteiger partial charge in [0.15, 0.2) is 5.76 Å². The zero-order chi connectivity index (χ0) is 19.4. The zero-order valence-electron chi connectivity index (χ0n) is 15.7. The van der Waals surface area contributed by atoms with Crippen molar-refractivity contribution in [2.45, 2.75) is 32.9 Å². The van der Waals surface area contributed by atoms with Gasteiger partial charge in [-0.25, -0.2) is 4.39 Å². The van der Waals surface area contributed by atoms with Gasteiger partial charge in [0.2, 0.25) is 0 Å². The molecule has 1 amide bonds. The molecule has 1 aliphatic heterocycles. The summed E-state index contributed by atoms with van der Waals surface area (Å²) < 4.78 is 18.3. The van der Waals surface area contributed by atoms with Crippen LogP contribution < -0.4 is 0 Å². The second-order valence-electron chi connectivity index (χ2n) is 7.32. The highest BCUT2D eigenvalue weighted by Gasteiger charge is 2.32. The Labute approximate surface area is 158 Å². The monoisotopic (exact) mass is 372 g/mol. The molecule has 0 aliphatic carbocycles. The van der Waals surface area contributed by atoms with Crippen molar-refractivity contribution in [3.63, 3.8) is 0 Å². The Morgan fingerprint density at radius 3 is 2.56 bits per heavy atom. The van der Waals surface area contributed by atoms with E-state index in [4.69, 9.17) is 4.42 Å². The fourth-order valence-electron chi connectivity index (χ4n) is 3.56. The van der Waals surface area contributed by atoms with Gasteiger partial charge in [-0.3, -0.25) is 14.5 Å². The molecule has 1 atom stereocenters. The predicted octanol–water partition coefficient (Wildman–Crippen LogP) is 3.36. The Kier molecular flexibility index (Phi) is 6.06. The highest BCUT2D eigenvalue weighted by Crippen LogP contribution is 2.21. The van der Waals surface area contributed by atoms with Crippen LogP contribution in [0, 0.1) is 11.7 Å². The van der Waals surface area contributed by atoms with E-state index in [1.54, 1.807) is 23.1 Å². The summed E-state index contributed by atoms with van der Waals surface area (Å²) in [6.07, 6.45) is 2.17. The van der Waals surface area contributed by atoms with E-state index in [-0.39, 0.29) is 17.6 Å². The van der Waals surface area contributed by atoms with Crippen LogP contribution in [0.15, 0.2) is 47.1 Å². The zero-order valence-corrected chi connectivity index (χ0v) is 15.7. The third-order valence-electron chi connectivity index (χ3n) is 5.04. The van der Waals surface area contributed by atoms with Crippen LogP contribution in [0.2, 0.25) is 0 Å². The van der Waals surface area contributed by atoms with Crippen LogP contribution in [0.5, 0.6) is 0 Å². The third kappa shape index (κ3) is 4.63. The lowest BCUT2D eigenvalue weighted by Gasteiger charge is -2.34. The standard InChI is InChI=1S/C21H25FN2O3/c1-15(2)18-14-24(21(26)20(25)19-5-3-12-27-19)11-4-10-23(18)13-16-6-8-17(22)9-7-16/h3,5-9,12,15,18H,4,10-11,13-14H2,1-2H3/t18-/m0/s1. The molecule has 1 saturated heterocycles. The van der Waals surface area contributed by atoms with E-state index >= 15 is 0 Å². The number of amides is 1. The normalized spacial score (nSPS) is 18.5. The average molecular weight is 372 g/mol. The van der Waals surface area contributed by atoms with Crippen LogP contribution >= 0.6 is 0 Å². The first-order valence-electron chi connectivity index (χ1n) is 9.31. The minimum atomic E-state index is -0.602. The molecular formula is C21H25FN2O3. The first kappa shape index (κ1) is 19.3. The van der Waals surface area contributed by atoms with E-state index in [1.807, 2.05) is 0 Å². The van der Waals surface area contributed by atoms with Gasteiger partial charge in [0, 0.05) is 32.2 Å². The van der Waals surface area contributed by atoms with Crippen LogP contribution in [0.3, 0.4) is 0 Å². The lowest BCUT2D eigenvalue weighted by atomic mass is 10.0. The van der Waals surface area contributed by atoms with Crippen molar-refractivity contribution in [2.24, 2.45) is 5.92 Å². The maximum atomic E-state index is 13.2. The molecule has 1 aliphatic rings. The smallest absolute Gasteiger partial charge is 0.298 e. The number of Topliss-reactive ketones (excluding diaryl/α,β-unsaturated/α-hetero) is 1. The maximum absolute atomic E-state index is 13.2. The average Bonchev–Trinajstić information content (AvgIpc) is 3.10. The molecule has 5 nitrogen and oxygen atoms in total. The van der Waals surface area contributed by atoms with Gasteiger partial charge in [0.1, 0.15) is 5.82 Å². The van der Waals surface area contributed by atoms with Crippen LogP contribution in [0.1, 0.15) is 36.4 Å². The van der Waals surface area contributed by atoms with Gasteiger partial charge < -0.3 is 9.32 Å². The van der Waals surface area contributed by atoms with Gasteiger partial charge in [-0.1, -0.05) is 26.0 Å². The molecule has 0 N–H and O–H groups in total. The first-order chi connectivity index (χ1) is 13.0. The number of rotatable bonds is 5. The van der Waals surface area contributed by atoms with E-state index in [0.29, 0.717) is 25.6 Å². The molecule has 2 aromatic rings. The number of nitrogens with zero attached hydrogens (tertiary/aromatic N) is 2. The van der Waals surface area contributed by atoms with Crippen molar-refractivity contribution in [1.82, 2.24) is 9.80 Å². The molecule has 0 spiro atoms. The van der Waals surface area contributed by atoms with Crippen molar-refractivity contribution in [3.8, 4) is 0 Å². The molecule has 0 bridgehead atoms. The molecule has 144 valence electrons. The molecule has 0 unspecified atom stereocenters. The summed E-state index contributed by atoms with van der Waals surface area (Å²) in [4.78, 5) is 29.0. The lowest BCUT2D eigenvalue weighted by molar-refractivity contribution is -0.127. The molecular weight excluding hydrogens is 347 g/mol. The molecule has 0 saturated carbocycles. The third-order valence-corrected chi connectivity index (χ3v) is 5.04. The van der Waals surface area contributed by atoms with E-state index in [2.05, 4.69) is 18.7 Å². The quantitative estimate of drug-likeness (QED) is 0.597. The molecule has 1 aromatic carbocycles. The SMILES string of the molecule is CC(C)[C@@H]1CN(C(=O)C(=O)c2ccco2)CCCN1Cc1ccc(F)cc1. The van der Waals surface area contributed by atoms with E-state index < -0.39 is 11.7 Å². The second-order valence-corrected chi connectivity index (χ2v) is 7.32. The summed E-state index contributed by atoms with van der Waals surface area (Å²) in [6.45, 7) is 6.77. The molecule has 0 radical (unpaired) electrons. The number of hydrogen-bond donors (Lipinski definition) is 0. The Morgan fingerprint density at radius 1 is 1.19 bits per heavy atom. The fraction of sp³-hybridized carbons (Fsp3) is 0.429. The van der Waals surface area contributed by atoms with Crippen molar-refractivity contribution < 1.29 is 18.4 Å². The number of furan rings is 1. The molecule has 1 fully saturated rings. The van der Waals surface area contributed by atoms with Gasteiger partial charge in [0.05, 0.1) is 6.26 Å². The molecule has 27 heavy (non-hydrogen) atoms.